The first-order chi connectivity index (χ1) is 13.3. The van der Waals surface area contributed by atoms with Crippen LogP contribution < -0.4 is 20.1 Å². The quantitative estimate of drug-likeness (QED) is 0.645. The van der Waals surface area contributed by atoms with Crippen LogP contribution in [0.1, 0.15) is 36.5 Å². The van der Waals surface area contributed by atoms with Crippen LogP contribution in [0.5, 0.6) is 11.5 Å². The molecule has 0 atom stereocenters. The highest BCUT2D eigenvalue weighted by molar-refractivity contribution is 5.90. The Morgan fingerprint density at radius 1 is 1.18 bits per heavy atom. The summed E-state index contributed by atoms with van der Waals surface area (Å²) in [6.45, 7) is 4.71. The second kappa shape index (κ2) is 9.72. The Balaban J connectivity index is 2.04. The Hall–Kier alpha value is -3.10. The molecular weight excluding hydrogens is 362 g/mol. The second-order valence-electron chi connectivity index (χ2n) is 6.78. The number of ether oxygens (including phenoxy) is 3. The molecule has 1 aromatic carbocycles. The van der Waals surface area contributed by atoms with Crippen LogP contribution in [0.3, 0.4) is 0 Å². The van der Waals surface area contributed by atoms with Crippen molar-refractivity contribution < 1.29 is 19.0 Å². The Morgan fingerprint density at radius 3 is 2.57 bits per heavy atom. The van der Waals surface area contributed by atoms with Gasteiger partial charge in [0.1, 0.15) is 0 Å². The number of hydrogen-bond donors (Lipinski definition) is 1. The zero-order valence-corrected chi connectivity index (χ0v) is 16.9. The number of nitrogen functional groups attached to an aromatic ring is 1. The van der Waals surface area contributed by atoms with Crippen LogP contribution in [0.2, 0.25) is 0 Å². The molecule has 28 heavy (non-hydrogen) atoms. The number of rotatable bonds is 9. The highest BCUT2D eigenvalue weighted by atomic mass is 16.5. The fraction of sp³-hybridized carbons (Fsp3) is 0.474. The molecule has 1 heterocycles. The second-order valence-corrected chi connectivity index (χ2v) is 6.78. The van der Waals surface area contributed by atoms with Crippen molar-refractivity contribution in [3.8, 4) is 11.5 Å². The van der Waals surface area contributed by atoms with Gasteiger partial charge in [-0.2, -0.15) is 15.0 Å². The lowest BCUT2D eigenvalue weighted by atomic mass is 10.1. The maximum atomic E-state index is 12.4. The zero-order chi connectivity index (χ0) is 20.7. The van der Waals surface area contributed by atoms with Gasteiger partial charge in [0.2, 0.25) is 11.9 Å². The predicted molar refractivity (Wildman–Crippen MR) is 106 cm³/mol. The van der Waals surface area contributed by atoms with E-state index in [-0.39, 0.29) is 18.4 Å². The van der Waals surface area contributed by atoms with Crippen molar-refractivity contribution in [3.05, 3.63) is 29.6 Å². The van der Waals surface area contributed by atoms with Crippen LogP contribution in [0.15, 0.2) is 18.2 Å². The van der Waals surface area contributed by atoms with Gasteiger partial charge >= 0.3 is 5.97 Å². The summed E-state index contributed by atoms with van der Waals surface area (Å²) < 4.78 is 16.3. The maximum Gasteiger partial charge on any atom is 0.338 e. The standard InChI is InChI=1S/C19H27N5O4/c1-12(2)8-9-27-14-7-6-13(10-15(14)26-5)17(25)28-11-16-21-18(20)23-19(22-16)24(3)4/h6-7,10,12H,8-9,11H2,1-5H3,(H2,20,21,22,23). The summed E-state index contributed by atoms with van der Waals surface area (Å²) in [5.74, 6) is 1.79. The molecule has 2 N–H and O–H groups in total. The Bertz CT molecular complexity index is 811. The summed E-state index contributed by atoms with van der Waals surface area (Å²) in [6, 6.07) is 4.91. The number of aromatic nitrogens is 3. The van der Waals surface area contributed by atoms with Gasteiger partial charge in [0.15, 0.2) is 23.9 Å². The third-order valence-corrected chi connectivity index (χ3v) is 3.77. The maximum absolute atomic E-state index is 12.4. The first-order valence-corrected chi connectivity index (χ1v) is 8.95. The van der Waals surface area contributed by atoms with E-state index in [2.05, 4.69) is 28.8 Å². The molecule has 9 heteroatoms. The van der Waals surface area contributed by atoms with Crippen molar-refractivity contribution in [1.82, 2.24) is 15.0 Å². The number of hydrogen-bond acceptors (Lipinski definition) is 9. The Kier molecular flexibility index (Phi) is 7.36. The molecule has 0 saturated carbocycles. The number of carbonyl (C=O) groups excluding carboxylic acids is 1. The smallest absolute Gasteiger partial charge is 0.338 e. The van der Waals surface area contributed by atoms with Gasteiger partial charge in [-0.3, -0.25) is 0 Å². The summed E-state index contributed by atoms with van der Waals surface area (Å²) in [5.41, 5.74) is 6.00. The van der Waals surface area contributed by atoms with Gasteiger partial charge in [-0.1, -0.05) is 13.8 Å². The predicted octanol–water partition coefficient (Wildman–Crippen LogP) is 2.31. The van der Waals surface area contributed by atoms with Crippen LogP contribution >= 0.6 is 0 Å². The number of methoxy groups -OCH3 is 1. The lowest BCUT2D eigenvalue weighted by Crippen LogP contribution is -2.17. The van der Waals surface area contributed by atoms with Gasteiger partial charge in [-0.05, 0) is 30.5 Å². The summed E-state index contributed by atoms with van der Waals surface area (Å²) in [6.07, 6.45) is 0.928. The Labute approximate surface area is 164 Å². The molecule has 0 fully saturated rings. The van der Waals surface area contributed by atoms with Crippen LogP contribution in [-0.4, -0.2) is 48.7 Å². The lowest BCUT2D eigenvalue weighted by molar-refractivity contribution is 0.0461. The normalized spacial score (nSPS) is 10.6. The van der Waals surface area contributed by atoms with E-state index in [4.69, 9.17) is 19.9 Å². The number of anilines is 2. The van der Waals surface area contributed by atoms with Crippen molar-refractivity contribution in [1.29, 1.82) is 0 Å². The minimum Gasteiger partial charge on any atom is -0.493 e. The molecule has 0 radical (unpaired) electrons. The zero-order valence-electron chi connectivity index (χ0n) is 16.9. The van der Waals surface area contributed by atoms with Gasteiger partial charge in [-0.25, -0.2) is 4.79 Å². The van der Waals surface area contributed by atoms with E-state index in [1.165, 1.54) is 7.11 Å². The fourth-order valence-electron chi connectivity index (χ4n) is 2.22. The summed E-state index contributed by atoms with van der Waals surface area (Å²) in [4.78, 5) is 26.2. The van der Waals surface area contributed by atoms with Gasteiger partial charge in [0.05, 0.1) is 19.3 Å². The molecule has 2 aromatic rings. The van der Waals surface area contributed by atoms with Crippen molar-refractivity contribution >= 4 is 17.9 Å². The molecule has 1 aromatic heterocycles. The number of nitrogens with two attached hydrogens (primary N) is 1. The van der Waals surface area contributed by atoms with Gasteiger partial charge in [-0.15, -0.1) is 0 Å². The Morgan fingerprint density at radius 2 is 1.93 bits per heavy atom. The van der Waals surface area contributed by atoms with Gasteiger partial charge in [0, 0.05) is 14.1 Å². The van der Waals surface area contributed by atoms with E-state index in [1.54, 1.807) is 37.2 Å². The molecule has 152 valence electrons. The number of carbonyl (C=O) groups is 1. The number of benzene rings is 1. The van der Waals surface area contributed by atoms with Crippen LogP contribution in [0.4, 0.5) is 11.9 Å². The molecular formula is C19H27N5O4. The van der Waals surface area contributed by atoms with Crippen LogP contribution in [0, 0.1) is 5.92 Å². The van der Waals surface area contributed by atoms with Crippen LogP contribution in [-0.2, 0) is 11.3 Å². The lowest BCUT2D eigenvalue weighted by Gasteiger charge is -2.13. The van der Waals surface area contributed by atoms with Crippen molar-refractivity contribution in [2.45, 2.75) is 26.9 Å². The average molecular weight is 389 g/mol. The molecule has 0 bridgehead atoms. The molecule has 0 aliphatic rings. The van der Waals surface area contributed by atoms with E-state index >= 15 is 0 Å². The molecule has 0 amide bonds. The molecule has 0 spiro atoms. The monoisotopic (exact) mass is 389 g/mol. The van der Waals surface area contributed by atoms with E-state index in [1.807, 2.05) is 0 Å². The van der Waals surface area contributed by atoms with E-state index in [0.717, 1.165) is 6.42 Å². The molecule has 0 saturated heterocycles. The van der Waals surface area contributed by atoms with Crippen molar-refractivity contribution in [2.75, 3.05) is 38.4 Å². The molecule has 0 aliphatic heterocycles. The molecule has 0 aliphatic carbocycles. The van der Waals surface area contributed by atoms with E-state index in [9.17, 15) is 4.79 Å². The SMILES string of the molecule is COc1cc(C(=O)OCc2nc(N)nc(N(C)C)n2)ccc1OCCC(C)C. The first-order valence-electron chi connectivity index (χ1n) is 8.95. The van der Waals surface area contributed by atoms with E-state index in [0.29, 0.717) is 35.5 Å². The van der Waals surface area contributed by atoms with Crippen molar-refractivity contribution in [2.24, 2.45) is 5.92 Å². The minimum absolute atomic E-state index is 0.0642. The number of esters is 1. The molecule has 2 rings (SSSR count). The third kappa shape index (κ3) is 5.97. The summed E-state index contributed by atoms with van der Waals surface area (Å²) in [7, 11) is 5.08. The van der Waals surface area contributed by atoms with Gasteiger partial charge in [0.25, 0.3) is 0 Å². The summed E-state index contributed by atoms with van der Waals surface area (Å²) >= 11 is 0. The highest BCUT2D eigenvalue weighted by Gasteiger charge is 2.14. The van der Waals surface area contributed by atoms with E-state index < -0.39 is 5.97 Å². The topological polar surface area (TPSA) is 113 Å². The fourth-order valence-corrected chi connectivity index (χ4v) is 2.22. The van der Waals surface area contributed by atoms with Crippen LogP contribution in [0.25, 0.3) is 0 Å². The van der Waals surface area contributed by atoms with Crippen molar-refractivity contribution in [3.63, 3.8) is 0 Å². The highest BCUT2D eigenvalue weighted by Crippen LogP contribution is 2.28. The number of nitrogens with zero attached hydrogens (tertiary/aromatic N) is 4. The first kappa shape index (κ1) is 21.2. The van der Waals surface area contributed by atoms with Gasteiger partial charge < -0.3 is 24.8 Å². The average Bonchev–Trinajstić information content (AvgIpc) is 2.65. The largest absolute Gasteiger partial charge is 0.493 e. The third-order valence-electron chi connectivity index (χ3n) is 3.77. The molecule has 9 nitrogen and oxygen atoms in total. The summed E-state index contributed by atoms with van der Waals surface area (Å²) in [5, 5.41) is 0. The molecule has 0 unspecified atom stereocenters. The minimum atomic E-state index is -0.530.